The first kappa shape index (κ1) is 21.2. The molecule has 8 heteroatoms. The smallest absolute Gasteiger partial charge is 0.293 e. The predicted molar refractivity (Wildman–Crippen MR) is 124 cm³/mol. The molecule has 1 amide bonds. The van der Waals surface area contributed by atoms with Crippen LogP contribution < -0.4 is 15.0 Å². The molecular weight excluding hydrogens is 408 g/mol. The number of nitrogens with one attached hydrogen (secondary N) is 1. The molecule has 0 bridgehead atoms. The Labute approximate surface area is 186 Å². The lowest BCUT2D eigenvalue weighted by Crippen LogP contribution is -2.48. The second kappa shape index (κ2) is 9.38. The number of methoxy groups -OCH3 is 1. The number of amides is 1. The van der Waals surface area contributed by atoms with Gasteiger partial charge in [0.15, 0.2) is 0 Å². The molecule has 0 aliphatic carbocycles. The molecule has 1 heterocycles. The summed E-state index contributed by atoms with van der Waals surface area (Å²) < 4.78 is 5.44. The number of hydrogen-bond acceptors (Lipinski definition) is 6. The summed E-state index contributed by atoms with van der Waals surface area (Å²) in [6.07, 6.45) is 0. The van der Waals surface area contributed by atoms with Crippen LogP contribution in [0.4, 0.5) is 22.7 Å². The van der Waals surface area contributed by atoms with Crippen molar-refractivity contribution in [3.05, 3.63) is 88.5 Å². The van der Waals surface area contributed by atoms with Gasteiger partial charge in [-0.15, -0.1) is 0 Å². The summed E-state index contributed by atoms with van der Waals surface area (Å²) >= 11 is 0. The minimum absolute atomic E-state index is 0.132. The third-order valence-electron chi connectivity index (χ3n) is 5.49. The Morgan fingerprint density at radius 2 is 1.66 bits per heavy atom. The molecule has 0 atom stereocenters. The third-order valence-corrected chi connectivity index (χ3v) is 5.49. The van der Waals surface area contributed by atoms with Crippen LogP contribution in [0.1, 0.15) is 10.4 Å². The third kappa shape index (κ3) is 4.49. The SMILES string of the molecule is COc1ccccc1N1CCN(C(=O)c2ccc(Nc3ccccc3)c([N+](=O)[O-])c2)CC1. The zero-order valence-electron chi connectivity index (χ0n) is 17.7. The summed E-state index contributed by atoms with van der Waals surface area (Å²) in [5.41, 5.74) is 2.25. The van der Waals surface area contributed by atoms with Crippen molar-refractivity contribution in [1.29, 1.82) is 0 Å². The molecule has 3 aromatic rings. The molecular formula is C24H24N4O4. The molecule has 1 N–H and O–H groups in total. The Hall–Kier alpha value is -4.07. The number of piperazine rings is 1. The van der Waals surface area contributed by atoms with E-state index in [1.807, 2.05) is 54.6 Å². The fraction of sp³-hybridized carbons (Fsp3) is 0.208. The van der Waals surface area contributed by atoms with Crippen LogP contribution in [-0.4, -0.2) is 49.0 Å². The number of carbonyl (C=O) groups excluding carboxylic acids is 1. The van der Waals surface area contributed by atoms with E-state index in [2.05, 4.69) is 10.2 Å². The van der Waals surface area contributed by atoms with Crippen molar-refractivity contribution in [3.8, 4) is 5.75 Å². The first-order valence-corrected chi connectivity index (χ1v) is 10.3. The molecule has 3 aromatic carbocycles. The Morgan fingerprint density at radius 3 is 2.34 bits per heavy atom. The first-order valence-electron chi connectivity index (χ1n) is 10.3. The van der Waals surface area contributed by atoms with Crippen LogP contribution in [0.15, 0.2) is 72.8 Å². The van der Waals surface area contributed by atoms with Gasteiger partial charge in [-0.25, -0.2) is 0 Å². The minimum atomic E-state index is -0.471. The highest BCUT2D eigenvalue weighted by Crippen LogP contribution is 2.31. The number of carbonyl (C=O) groups is 1. The number of anilines is 3. The van der Waals surface area contributed by atoms with Gasteiger partial charge in [-0.1, -0.05) is 30.3 Å². The topological polar surface area (TPSA) is 88.0 Å². The maximum atomic E-state index is 13.1. The van der Waals surface area contributed by atoms with E-state index in [4.69, 9.17) is 4.74 Å². The molecule has 0 saturated carbocycles. The highest BCUT2D eigenvalue weighted by molar-refractivity contribution is 5.96. The Bertz CT molecular complexity index is 1110. The number of ether oxygens (including phenoxy) is 1. The normalized spacial score (nSPS) is 13.5. The van der Waals surface area contributed by atoms with Crippen molar-refractivity contribution in [3.63, 3.8) is 0 Å². The number of benzene rings is 3. The van der Waals surface area contributed by atoms with Gasteiger partial charge in [0, 0.05) is 43.5 Å². The number of nitro benzene ring substituents is 1. The van der Waals surface area contributed by atoms with Crippen molar-refractivity contribution in [1.82, 2.24) is 4.90 Å². The van der Waals surface area contributed by atoms with Crippen molar-refractivity contribution in [2.24, 2.45) is 0 Å². The van der Waals surface area contributed by atoms with Gasteiger partial charge >= 0.3 is 0 Å². The predicted octanol–water partition coefficient (Wildman–Crippen LogP) is 4.31. The summed E-state index contributed by atoms with van der Waals surface area (Å²) in [6, 6.07) is 21.6. The van der Waals surface area contributed by atoms with Crippen LogP contribution in [0.2, 0.25) is 0 Å². The molecule has 8 nitrogen and oxygen atoms in total. The van der Waals surface area contributed by atoms with E-state index in [0.717, 1.165) is 17.1 Å². The molecule has 0 aromatic heterocycles. The molecule has 1 aliphatic heterocycles. The number of hydrogen-bond donors (Lipinski definition) is 1. The minimum Gasteiger partial charge on any atom is -0.495 e. The average molecular weight is 432 g/mol. The van der Waals surface area contributed by atoms with E-state index in [0.29, 0.717) is 37.4 Å². The molecule has 32 heavy (non-hydrogen) atoms. The summed E-state index contributed by atoms with van der Waals surface area (Å²) in [5.74, 6) is 0.587. The molecule has 0 spiro atoms. The first-order chi connectivity index (χ1) is 15.6. The largest absolute Gasteiger partial charge is 0.495 e. The zero-order valence-corrected chi connectivity index (χ0v) is 17.7. The Morgan fingerprint density at radius 1 is 0.969 bits per heavy atom. The van der Waals surface area contributed by atoms with Crippen LogP contribution >= 0.6 is 0 Å². The van der Waals surface area contributed by atoms with Crippen LogP contribution in [0.3, 0.4) is 0 Å². The van der Waals surface area contributed by atoms with Gasteiger partial charge in [0.1, 0.15) is 11.4 Å². The summed E-state index contributed by atoms with van der Waals surface area (Å²) in [4.78, 5) is 28.1. The highest BCUT2D eigenvalue weighted by atomic mass is 16.6. The molecule has 0 radical (unpaired) electrons. The van der Waals surface area contributed by atoms with E-state index >= 15 is 0 Å². The molecule has 1 fully saturated rings. The second-order valence-electron chi connectivity index (χ2n) is 7.43. The van der Waals surface area contributed by atoms with Gasteiger partial charge in [-0.05, 0) is 36.4 Å². The highest BCUT2D eigenvalue weighted by Gasteiger charge is 2.25. The molecule has 1 aliphatic rings. The van der Waals surface area contributed by atoms with E-state index in [9.17, 15) is 14.9 Å². The quantitative estimate of drug-likeness (QED) is 0.461. The molecule has 4 rings (SSSR count). The number of nitro groups is 1. The fourth-order valence-electron chi connectivity index (χ4n) is 3.82. The lowest BCUT2D eigenvalue weighted by atomic mass is 10.1. The lowest BCUT2D eigenvalue weighted by molar-refractivity contribution is -0.383. The van der Waals surface area contributed by atoms with Crippen LogP contribution in [0.5, 0.6) is 5.75 Å². The van der Waals surface area contributed by atoms with Gasteiger partial charge < -0.3 is 19.9 Å². The van der Waals surface area contributed by atoms with E-state index < -0.39 is 4.92 Å². The number of para-hydroxylation sites is 3. The van der Waals surface area contributed by atoms with Gasteiger partial charge in [0.05, 0.1) is 17.7 Å². The molecule has 164 valence electrons. The van der Waals surface area contributed by atoms with Crippen LogP contribution in [-0.2, 0) is 0 Å². The van der Waals surface area contributed by atoms with Crippen molar-refractivity contribution >= 4 is 28.7 Å². The summed E-state index contributed by atoms with van der Waals surface area (Å²) in [7, 11) is 1.64. The van der Waals surface area contributed by atoms with Crippen molar-refractivity contribution in [2.75, 3.05) is 43.5 Å². The molecule has 1 saturated heterocycles. The maximum absolute atomic E-state index is 13.1. The monoisotopic (exact) mass is 432 g/mol. The van der Waals surface area contributed by atoms with E-state index in [1.165, 1.54) is 6.07 Å². The Balaban J connectivity index is 1.48. The van der Waals surface area contributed by atoms with Crippen LogP contribution in [0, 0.1) is 10.1 Å². The summed E-state index contributed by atoms with van der Waals surface area (Å²) in [5, 5.41) is 14.7. The standard InChI is InChI=1S/C24H24N4O4/c1-32-23-10-6-5-9-21(23)26-13-15-27(16-14-26)24(29)18-11-12-20(22(17-18)28(30)31)25-19-7-3-2-4-8-19/h2-12,17,25H,13-16H2,1H3. The Kier molecular flexibility index (Phi) is 6.21. The van der Waals surface area contributed by atoms with E-state index in [-0.39, 0.29) is 11.6 Å². The van der Waals surface area contributed by atoms with Crippen LogP contribution in [0.25, 0.3) is 0 Å². The van der Waals surface area contributed by atoms with E-state index in [1.54, 1.807) is 24.1 Å². The fourth-order valence-corrected chi connectivity index (χ4v) is 3.82. The van der Waals surface area contributed by atoms with Gasteiger partial charge in [0.25, 0.3) is 11.6 Å². The van der Waals surface area contributed by atoms with Gasteiger partial charge in [-0.3, -0.25) is 14.9 Å². The lowest BCUT2D eigenvalue weighted by Gasteiger charge is -2.36. The van der Waals surface area contributed by atoms with Crippen molar-refractivity contribution < 1.29 is 14.5 Å². The maximum Gasteiger partial charge on any atom is 0.293 e. The molecule has 0 unspecified atom stereocenters. The summed E-state index contributed by atoms with van der Waals surface area (Å²) in [6.45, 7) is 2.35. The number of nitrogens with zero attached hydrogens (tertiary/aromatic N) is 3. The zero-order chi connectivity index (χ0) is 22.5. The average Bonchev–Trinajstić information content (AvgIpc) is 2.84. The second-order valence-corrected chi connectivity index (χ2v) is 7.43. The van der Waals surface area contributed by atoms with Crippen molar-refractivity contribution in [2.45, 2.75) is 0 Å². The van der Waals surface area contributed by atoms with Gasteiger partial charge in [-0.2, -0.15) is 0 Å². The number of rotatable bonds is 6. The van der Waals surface area contributed by atoms with Gasteiger partial charge in [0.2, 0.25) is 0 Å².